The Labute approximate surface area is 245 Å². The maximum atomic E-state index is 13.7. The molecule has 10 nitrogen and oxygen atoms in total. The topological polar surface area (TPSA) is 129 Å². The summed E-state index contributed by atoms with van der Waals surface area (Å²) in [5.41, 5.74) is 2.18. The van der Waals surface area contributed by atoms with Crippen LogP contribution in [0.4, 0.5) is 24.5 Å². The van der Waals surface area contributed by atoms with Gasteiger partial charge in [0.1, 0.15) is 6.54 Å². The van der Waals surface area contributed by atoms with Crippen molar-refractivity contribution in [3.63, 3.8) is 0 Å². The standard InChI is InChI=1S/C30H29F3N8O2/c1-18-15-21(7-8-22(18)29(43)37-19(2)26(42)20-5-3-11-35-12-9-20)38-24-6-4-13-41-25(16-36-28(24)41)23-17-40(14-10-34)39-27(23)30(31,32)33/h4-8,13,15-17,19,35,38H,3,9,11-12,14H2,1-2H3,(H,37,43)/t19-/m1/s1. The van der Waals surface area contributed by atoms with Gasteiger partial charge in [-0.25, -0.2) is 4.98 Å². The summed E-state index contributed by atoms with van der Waals surface area (Å²) in [4.78, 5) is 30.2. The molecule has 0 unspecified atom stereocenters. The lowest BCUT2D eigenvalue weighted by Crippen LogP contribution is -2.39. The van der Waals surface area contributed by atoms with Crippen LogP contribution >= 0.6 is 0 Å². The maximum absolute atomic E-state index is 13.7. The number of anilines is 2. The summed E-state index contributed by atoms with van der Waals surface area (Å²) < 4.78 is 43.7. The third-order valence-corrected chi connectivity index (χ3v) is 7.17. The van der Waals surface area contributed by atoms with Gasteiger partial charge in [-0.15, -0.1) is 0 Å². The fraction of sp³-hybridized carbons (Fsp3) is 0.300. The number of halogens is 3. The zero-order valence-corrected chi connectivity index (χ0v) is 23.5. The van der Waals surface area contributed by atoms with Crippen molar-refractivity contribution in [1.82, 2.24) is 29.8 Å². The predicted molar refractivity (Wildman–Crippen MR) is 154 cm³/mol. The minimum Gasteiger partial charge on any atom is -0.352 e. The number of nitriles is 1. The number of hydrogen-bond donors (Lipinski definition) is 3. The van der Waals surface area contributed by atoms with E-state index in [1.165, 1.54) is 16.8 Å². The molecule has 4 aromatic rings. The Morgan fingerprint density at radius 2 is 2.05 bits per heavy atom. The molecule has 1 aromatic carbocycles. The van der Waals surface area contributed by atoms with Crippen molar-refractivity contribution in [3.05, 3.63) is 77.4 Å². The Morgan fingerprint density at radius 1 is 1.23 bits per heavy atom. The molecule has 222 valence electrons. The smallest absolute Gasteiger partial charge is 0.352 e. The van der Waals surface area contributed by atoms with E-state index in [1.807, 2.05) is 6.08 Å². The minimum atomic E-state index is -4.73. The quantitative estimate of drug-likeness (QED) is 0.269. The molecule has 0 fully saturated rings. The second kappa shape index (κ2) is 12.1. The van der Waals surface area contributed by atoms with Crippen molar-refractivity contribution in [2.75, 3.05) is 18.4 Å². The van der Waals surface area contributed by atoms with Gasteiger partial charge in [-0.2, -0.15) is 23.5 Å². The second-order valence-corrected chi connectivity index (χ2v) is 10.2. The molecule has 3 N–H and O–H groups in total. The van der Waals surface area contributed by atoms with E-state index < -0.39 is 17.9 Å². The van der Waals surface area contributed by atoms with E-state index in [0.717, 1.165) is 29.8 Å². The van der Waals surface area contributed by atoms with Gasteiger partial charge in [0, 0.05) is 23.6 Å². The van der Waals surface area contributed by atoms with Crippen LogP contribution in [0, 0.1) is 18.3 Å². The van der Waals surface area contributed by atoms with Crippen molar-refractivity contribution in [2.24, 2.45) is 0 Å². The molecule has 1 aliphatic rings. The molecule has 0 saturated heterocycles. The summed E-state index contributed by atoms with van der Waals surface area (Å²) in [6.07, 6.45) is 2.69. The number of carbonyl (C=O) groups excluding carboxylic acids is 2. The van der Waals surface area contributed by atoms with Gasteiger partial charge in [0.25, 0.3) is 5.91 Å². The normalized spacial score (nSPS) is 14.5. The zero-order chi connectivity index (χ0) is 30.7. The van der Waals surface area contributed by atoms with Gasteiger partial charge in [0.2, 0.25) is 0 Å². The SMILES string of the molecule is Cc1cc(Nc2cccn3c(-c4cn(CC#N)nc4C(F)(F)F)cnc23)ccc1C(=O)N[C@H](C)C(=O)C1=CCCNCC1. The Balaban J connectivity index is 1.35. The lowest BCUT2D eigenvalue weighted by atomic mass is 10.0. The predicted octanol–water partition coefficient (Wildman–Crippen LogP) is 4.79. The Morgan fingerprint density at radius 3 is 2.79 bits per heavy atom. The number of amides is 1. The van der Waals surface area contributed by atoms with Gasteiger partial charge >= 0.3 is 6.18 Å². The van der Waals surface area contributed by atoms with Crippen LogP contribution in [0.25, 0.3) is 16.9 Å². The van der Waals surface area contributed by atoms with E-state index in [-0.39, 0.29) is 29.5 Å². The second-order valence-electron chi connectivity index (χ2n) is 10.2. The van der Waals surface area contributed by atoms with Crippen molar-refractivity contribution < 1.29 is 22.8 Å². The van der Waals surface area contributed by atoms with E-state index in [2.05, 4.69) is 26.0 Å². The van der Waals surface area contributed by atoms with Crippen LogP contribution in [0.3, 0.4) is 0 Å². The molecule has 1 aliphatic heterocycles. The van der Waals surface area contributed by atoms with Crippen molar-refractivity contribution in [1.29, 1.82) is 5.26 Å². The molecule has 0 aliphatic carbocycles. The summed E-state index contributed by atoms with van der Waals surface area (Å²) in [7, 11) is 0. The van der Waals surface area contributed by atoms with Crippen molar-refractivity contribution >= 4 is 28.7 Å². The largest absolute Gasteiger partial charge is 0.435 e. The van der Waals surface area contributed by atoms with Crippen LogP contribution in [0.5, 0.6) is 0 Å². The molecular formula is C30H29F3N8O2. The van der Waals surface area contributed by atoms with Crippen LogP contribution in [0.1, 0.15) is 41.4 Å². The number of aromatic nitrogens is 4. The average molecular weight is 591 g/mol. The Kier molecular flexibility index (Phi) is 8.31. The maximum Gasteiger partial charge on any atom is 0.435 e. The number of nitrogens with one attached hydrogen (secondary N) is 3. The van der Waals surface area contributed by atoms with Crippen LogP contribution in [0.2, 0.25) is 0 Å². The number of benzene rings is 1. The fourth-order valence-corrected chi connectivity index (χ4v) is 5.07. The van der Waals surface area contributed by atoms with Gasteiger partial charge in [0.15, 0.2) is 17.1 Å². The van der Waals surface area contributed by atoms with Crippen LogP contribution in [-0.2, 0) is 17.5 Å². The lowest BCUT2D eigenvalue weighted by molar-refractivity contribution is -0.141. The molecule has 1 amide bonds. The fourth-order valence-electron chi connectivity index (χ4n) is 5.07. The van der Waals surface area contributed by atoms with E-state index in [4.69, 9.17) is 5.26 Å². The van der Waals surface area contributed by atoms with Crippen LogP contribution in [0.15, 0.2) is 60.6 Å². The number of hydrogen-bond acceptors (Lipinski definition) is 7. The molecule has 5 rings (SSSR count). The van der Waals surface area contributed by atoms with Crippen molar-refractivity contribution in [3.8, 4) is 17.3 Å². The third-order valence-electron chi connectivity index (χ3n) is 7.17. The highest BCUT2D eigenvalue weighted by molar-refractivity contribution is 6.04. The monoisotopic (exact) mass is 590 g/mol. The highest BCUT2D eigenvalue weighted by atomic mass is 19.4. The Hall–Kier alpha value is -4.96. The lowest BCUT2D eigenvalue weighted by Gasteiger charge is -2.16. The van der Waals surface area contributed by atoms with E-state index in [1.54, 1.807) is 56.4 Å². The molecule has 4 heterocycles. The summed E-state index contributed by atoms with van der Waals surface area (Å²) in [5, 5.41) is 21.8. The first kappa shape index (κ1) is 29.5. The van der Waals surface area contributed by atoms with Gasteiger partial charge in [0.05, 0.1) is 35.3 Å². The molecule has 1 atom stereocenters. The number of fused-ring (bicyclic) bond motifs is 1. The van der Waals surface area contributed by atoms with Gasteiger partial charge in [-0.3, -0.25) is 18.7 Å². The summed E-state index contributed by atoms with van der Waals surface area (Å²) in [5.74, 6) is -0.463. The van der Waals surface area contributed by atoms with Crippen molar-refractivity contribution in [2.45, 2.75) is 45.5 Å². The highest BCUT2D eigenvalue weighted by Gasteiger charge is 2.38. The van der Waals surface area contributed by atoms with Gasteiger partial charge in [-0.05, 0) is 81.2 Å². The van der Waals surface area contributed by atoms with Crippen LogP contribution in [-0.4, -0.2) is 50.0 Å². The molecule has 0 saturated carbocycles. The first-order chi connectivity index (χ1) is 20.6. The Bertz CT molecular complexity index is 1760. The zero-order valence-electron chi connectivity index (χ0n) is 23.5. The molecule has 13 heteroatoms. The van der Waals surface area contributed by atoms with E-state index >= 15 is 0 Å². The highest BCUT2D eigenvalue weighted by Crippen LogP contribution is 2.37. The van der Waals surface area contributed by atoms with E-state index in [0.29, 0.717) is 34.6 Å². The molecule has 43 heavy (non-hydrogen) atoms. The first-order valence-corrected chi connectivity index (χ1v) is 13.7. The summed E-state index contributed by atoms with van der Waals surface area (Å²) >= 11 is 0. The molecule has 0 spiro atoms. The molecule has 0 radical (unpaired) electrons. The molecule has 0 bridgehead atoms. The number of nitrogens with zero attached hydrogens (tertiary/aromatic N) is 5. The number of rotatable bonds is 8. The number of Topliss-reactive ketones (excluding diaryl/α,β-unsaturated/α-hetero) is 1. The summed E-state index contributed by atoms with van der Waals surface area (Å²) in [6, 6.07) is 9.64. The minimum absolute atomic E-state index is 0.0973. The number of carbonyl (C=O) groups is 2. The van der Waals surface area contributed by atoms with Gasteiger partial charge in [-0.1, -0.05) is 6.08 Å². The van der Waals surface area contributed by atoms with Gasteiger partial charge < -0.3 is 16.0 Å². The molecular weight excluding hydrogens is 561 g/mol. The van der Waals surface area contributed by atoms with E-state index in [9.17, 15) is 22.8 Å². The number of imidazole rings is 1. The summed E-state index contributed by atoms with van der Waals surface area (Å²) in [6.45, 7) is 4.67. The number of aryl methyl sites for hydroxylation is 1. The molecule has 3 aromatic heterocycles. The third kappa shape index (κ3) is 6.29. The first-order valence-electron chi connectivity index (χ1n) is 13.7. The number of ketones is 1. The average Bonchev–Trinajstić information content (AvgIpc) is 3.48. The number of pyridine rings is 1. The van der Waals surface area contributed by atoms with Crippen LogP contribution < -0.4 is 16.0 Å². The number of alkyl halides is 3.